The highest BCUT2D eigenvalue weighted by molar-refractivity contribution is 5.88. The third-order valence-corrected chi connectivity index (χ3v) is 7.09. The van der Waals surface area contributed by atoms with E-state index in [-0.39, 0.29) is 19.4 Å². The Morgan fingerprint density at radius 1 is 1.26 bits per heavy atom. The Bertz CT molecular complexity index is 1090. The summed E-state index contributed by atoms with van der Waals surface area (Å²) >= 11 is 0. The van der Waals surface area contributed by atoms with Crippen LogP contribution >= 0.6 is 0 Å². The molecule has 182 valence electrons. The third kappa shape index (κ3) is 3.65. The van der Waals surface area contributed by atoms with E-state index >= 15 is 0 Å². The molecular weight excluding hydrogens is 448 g/mol. The minimum atomic E-state index is -1.41. The average Bonchev–Trinajstić information content (AvgIpc) is 3.59. The predicted molar refractivity (Wildman–Crippen MR) is 112 cm³/mol. The van der Waals surface area contributed by atoms with Gasteiger partial charge in [-0.3, -0.25) is 14.4 Å². The van der Waals surface area contributed by atoms with Crippen LogP contribution in [0.3, 0.4) is 0 Å². The van der Waals surface area contributed by atoms with E-state index in [4.69, 9.17) is 28.1 Å². The number of fused-ring (bicyclic) bond motifs is 4. The summed E-state index contributed by atoms with van der Waals surface area (Å²) in [4.78, 5) is 48.1. The van der Waals surface area contributed by atoms with E-state index in [9.17, 15) is 19.2 Å². The van der Waals surface area contributed by atoms with Gasteiger partial charge in [-0.25, -0.2) is 4.79 Å². The molecule has 1 aromatic heterocycles. The van der Waals surface area contributed by atoms with Crippen LogP contribution in [0.15, 0.2) is 22.6 Å². The van der Waals surface area contributed by atoms with E-state index in [0.29, 0.717) is 35.4 Å². The molecule has 3 saturated heterocycles. The molecule has 4 bridgehead atoms. The van der Waals surface area contributed by atoms with Crippen LogP contribution in [0.25, 0.3) is 0 Å². The zero-order valence-corrected chi connectivity index (χ0v) is 19.2. The summed E-state index contributed by atoms with van der Waals surface area (Å²) in [6.45, 7) is 8.39. The first kappa shape index (κ1) is 22.8. The van der Waals surface area contributed by atoms with Crippen LogP contribution in [-0.2, 0) is 44.5 Å². The Morgan fingerprint density at radius 2 is 2.03 bits per heavy atom. The molecule has 5 heterocycles. The number of ether oxygens (including phenoxy) is 5. The van der Waals surface area contributed by atoms with Crippen molar-refractivity contribution < 1.29 is 47.3 Å². The van der Waals surface area contributed by atoms with E-state index < -0.39 is 59.4 Å². The molecule has 0 amide bonds. The molecular formula is C24H26O10. The topological polar surface area (TPSA) is 134 Å². The SMILES string of the molecule is C=C(COC(C)=O)[C@@H]1Cc2oc(cc2C=O)[C@@H]2O[C@]2(C)C[C@H]2OC(=O)[C@@]3(O[C@H]23)[C@@H](OC(C)=O)C1. The Balaban J connectivity index is 1.55. The molecule has 10 heteroatoms. The Labute approximate surface area is 195 Å². The molecule has 3 fully saturated rings. The van der Waals surface area contributed by atoms with Gasteiger partial charge < -0.3 is 28.1 Å². The highest BCUT2D eigenvalue weighted by Gasteiger charge is 2.79. The fourth-order valence-electron chi connectivity index (χ4n) is 5.22. The lowest BCUT2D eigenvalue weighted by atomic mass is 9.83. The molecule has 4 aliphatic heterocycles. The summed E-state index contributed by atoms with van der Waals surface area (Å²) < 4.78 is 34.2. The third-order valence-electron chi connectivity index (χ3n) is 7.09. The van der Waals surface area contributed by atoms with Gasteiger partial charge in [-0.1, -0.05) is 6.58 Å². The van der Waals surface area contributed by atoms with Gasteiger partial charge in [0, 0.05) is 26.7 Å². The standard InChI is InChI=1S/C24H26O10/c1-11(10-29-12(2)26)14-5-16-15(9-25)6-17(31-16)20-23(4,33-20)8-18-21-24(34-21,22(28)32-18)19(7-14)30-13(3)27/h6,9,14,18-21H,1,5,7-8,10H2,2-4H3/t14-,18-,19+,20+,21-,23-,24-/m1/s1. The van der Waals surface area contributed by atoms with Crippen molar-refractivity contribution in [2.75, 3.05) is 6.61 Å². The minimum absolute atomic E-state index is 0.0784. The van der Waals surface area contributed by atoms with Crippen molar-refractivity contribution in [1.29, 1.82) is 0 Å². The molecule has 0 saturated carbocycles. The number of hydrogen-bond acceptors (Lipinski definition) is 10. The molecule has 0 unspecified atom stereocenters. The molecule has 34 heavy (non-hydrogen) atoms. The number of rotatable bonds is 5. The smallest absolute Gasteiger partial charge is 0.345 e. The van der Waals surface area contributed by atoms with Crippen LogP contribution in [0, 0.1) is 5.92 Å². The van der Waals surface area contributed by atoms with Gasteiger partial charge in [-0.15, -0.1) is 0 Å². The van der Waals surface area contributed by atoms with Crippen LogP contribution in [0.5, 0.6) is 0 Å². The monoisotopic (exact) mass is 474 g/mol. The second-order valence-corrected chi connectivity index (χ2v) is 9.61. The molecule has 0 aliphatic carbocycles. The Morgan fingerprint density at radius 3 is 2.68 bits per heavy atom. The van der Waals surface area contributed by atoms with Crippen LogP contribution < -0.4 is 0 Å². The molecule has 7 atom stereocenters. The Kier molecular flexibility index (Phi) is 5.21. The number of furan rings is 1. The lowest BCUT2D eigenvalue weighted by Gasteiger charge is -2.26. The maximum Gasteiger partial charge on any atom is 0.345 e. The van der Waals surface area contributed by atoms with Crippen LogP contribution in [0.4, 0.5) is 0 Å². The molecule has 0 spiro atoms. The molecule has 5 rings (SSSR count). The van der Waals surface area contributed by atoms with Gasteiger partial charge in [0.25, 0.3) is 0 Å². The van der Waals surface area contributed by atoms with Crippen LogP contribution in [0.2, 0.25) is 0 Å². The largest absolute Gasteiger partial charge is 0.462 e. The molecule has 0 radical (unpaired) electrons. The van der Waals surface area contributed by atoms with E-state index in [2.05, 4.69) is 6.58 Å². The molecule has 0 N–H and O–H groups in total. The number of aldehydes is 1. The second kappa shape index (κ2) is 7.78. The maximum absolute atomic E-state index is 13.0. The average molecular weight is 474 g/mol. The van der Waals surface area contributed by atoms with Crippen molar-refractivity contribution in [3.05, 3.63) is 35.3 Å². The first-order chi connectivity index (χ1) is 16.1. The van der Waals surface area contributed by atoms with E-state index in [1.165, 1.54) is 13.8 Å². The summed E-state index contributed by atoms with van der Waals surface area (Å²) in [6.07, 6.45) is -1.13. The summed E-state index contributed by atoms with van der Waals surface area (Å²) in [6, 6.07) is 1.65. The van der Waals surface area contributed by atoms with Gasteiger partial charge in [0.1, 0.15) is 48.1 Å². The van der Waals surface area contributed by atoms with Crippen molar-refractivity contribution in [3.8, 4) is 0 Å². The number of carbonyl (C=O) groups is 4. The normalized spacial score (nSPS) is 37.5. The van der Waals surface area contributed by atoms with Crippen LogP contribution in [0.1, 0.15) is 61.6 Å². The summed E-state index contributed by atoms with van der Waals surface area (Å²) in [7, 11) is 0. The van der Waals surface area contributed by atoms with E-state index in [0.717, 1.165) is 0 Å². The second-order valence-electron chi connectivity index (χ2n) is 9.61. The van der Waals surface area contributed by atoms with Gasteiger partial charge >= 0.3 is 17.9 Å². The van der Waals surface area contributed by atoms with E-state index in [1.54, 1.807) is 6.07 Å². The number of epoxide rings is 2. The quantitative estimate of drug-likeness (QED) is 0.205. The lowest BCUT2D eigenvalue weighted by Crippen LogP contribution is -2.42. The zero-order chi connectivity index (χ0) is 24.4. The fourth-order valence-corrected chi connectivity index (χ4v) is 5.22. The van der Waals surface area contributed by atoms with Crippen LogP contribution in [-0.4, -0.2) is 60.3 Å². The van der Waals surface area contributed by atoms with Gasteiger partial charge in [0.05, 0.1) is 5.56 Å². The van der Waals surface area contributed by atoms with Gasteiger partial charge in [0.15, 0.2) is 6.29 Å². The first-order valence-electron chi connectivity index (χ1n) is 11.2. The van der Waals surface area contributed by atoms with Gasteiger partial charge in [0.2, 0.25) is 5.60 Å². The van der Waals surface area contributed by atoms with Crippen molar-refractivity contribution in [1.82, 2.24) is 0 Å². The van der Waals surface area contributed by atoms with Gasteiger partial charge in [-0.05, 0) is 30.9 Å². The lowest BCUT2D eigenvalue weighted by molar-refractivity contribution is -0.165. The molecule has 10 nitrogen and oxygen atoms in total. The Hall–Kier alpha value is -2.98. The molecule has 1 aromatic rings. The minimum Gasteiger partial charge on any atom is -0.462 e. The summed E-state index contributed by atoms with van der Waals surface area (Å²) in [5.41, 5.74) is -1.19. The highest BCUT2D eigenvalue weighted by atomic mass is 16.7. The van der Waals surface area contributed by atoms with Crippen molar-refractivity contribution in [2.24, 2.45) is 5.92 Å². The van der Waals surface area contributed by atoms with Gasteiger partial charge in [-0.2, -0.15) is 0 Å². The maximum atomic E-state index is 13.0. The van der Waals surface area contributed by atoms with Crippen molar-refractivity contribution >= 4 is 24.2 Å². The molecule has 0 aromatic carbocycles. The first-order valence-corrected chi connectivity index (χ1v) is 11.2. The summed E-state index contributed by atoms with van der Waals surface area (Å²) in [5.74, 6) is -1.19. The number of hydrogen-bond donors (Lipinski definition) is 0. The highest BCUT2D eigenvalue weighted by Crippen LogP contribution is 2.59. The number of esters is 3. The summed E-state index contributed by atoms with van der Waals surface area (Å²) in [5, 5.41) is 0. The van der Waals surface area contributed by atoms with Crippen molar-refractivity contribution in [2.45, 2.75) is 75.7 Å². The zero-order valence-electron chi connectivity index (χ0n) is 19.2. The predicted octanol–water partition coefficient (Wildman–Crippen LogP) is 1.99. The molecule has 4 aliphatic rings. The van der Waals surface area contributed by atoms with Crippen molar-refractivity contribution in [3.63, 3.8) is 0 Å². The number of carbonyl (C=O) groups excluding carboxylic acids is 4. The van der Waals surface area contributed by atoms with E-state index in [1.807, 2.05) is 6.92 Å². The fraction of sp³-hybridized carbons (Fsp3) is 0.583.